The second kappa shape index (κ2) is 6.72. The number of methoxy groups -OCH3 is 1. The summed E-state index contributed by atoms with van der Waals surface area (Å²) in [5.74, 6) is 0.855. The molecule has 0 saturated carbocycles. The van der Waals surface area contributed by atoms with Crippen molar-refractivity contribution in [3.8, 4) is 5.75 Å². The second-order valence-electron chi connectivity index (χ2n) is 4.54. The summed E-state index contributed by atoms with van der Waals surface area (Å²) in [5.41, 5.74) is 2.79. The van der Waals surface area contributed by atoms with Crippen molar-refractivity contribution in [3.63, 3.8) is 0 Å². The number of aryl methyl sites for hydroxylation is 1. The molecule has 2 aromatic rings. The van der Waals surface area contributed by atoms with E-state index in [0.29, 0.717) is 6.42 Å². The zero-order valence-corrected chi connectivity index (χ0v) is 15.0. The number of hydrogen-bond donors (Lipinski definition) is 0. The molecule has 0 atom stereocenters. The van der Waals surface area contributed by atoms with Crippen molar-refractivity contribution in [1.29, 1.82) is 0 Å². The first-order valence-corrected chi connectivity index (χ1v) is 8.00. The van der Waals surface area contributed by atoms with Gasteiger partial charge in [0.1, 0.15) is 5.75 Å². The highest BCUT2D eigenvalue weighted by Crippen LogP contribution is 2.24. The van der Waals surface area contributed by atoms with Crippen LogP contribution < -0.4 is 4.74 Å². The molecule has 0 saturated heterocycles. The Hall–Kier alpha value is -0.880. The number of halogens is 2. The Kier molecular flexibility index (Phi) is 5.21. The van der Waals surface area contributed by atoms with E-state index in [1.165, 1.54) is 0 Å². The van der Waals surface area contributed by atoms with E-state index >= 15 is 0 Å². The minimum atomic E-state index is 0.0969. The van der Waals surface area contributed by atoms with Gasteiger partial charge in [-0.3, -0.25) is 4.79 Å². The lowest BCUT2D eigenvalue weighted by Crippen LogP contribution is -2.07. The first kappa shape index (κ1) is 15.5. The fraction of sp³-hybridized carbons (Fsp3) is 0.188. The van der Waals surface area contributed by atoms with E-state index in [1.807, 2.05) is 43.3 Å². The lowest BCUT2D eigenvalue weighted by molar-refractivity contribution is 0.0991. The highest BCUT2D eigenvalue weighted by Gasteiger charge is 2.14. The predicted molar refractivity (Wildman–Crippen MR) is 92.6 cm³/mol. The molecule has 0 unspecified atom stereocenters. The first-order valence-electron chi connectivity index (χ1n) is 6.13. The Morgan fingerprint density at radius 3 is 2.70 bits per heavy atom. The Morgan fingerprint density at radius 2 is 2.00 bits per heavy atom. The monoisotopic (exact) mass is 444 g/mol. The molecule has 4 heteroatoms. The summed E-state index contributed by atoms with van der Waals surface area (Å²) < 4.78 is 7.20. The minimum Gasteiger partial charge on any atom is -0.496 e. The summed E-state index contributed by atoms with van der Waals surface area (Å²) in [4.78, 5) is 12.5. The van der Waals surface area contributed by atoms with Gasteiger partial charge in [0, 0.05) is 25.6 Å². The smallest absolute Gasteiger partial charge is 0.168 e. The maximum atomic E-state index is 12.5. The van der Waals surface area contributed by atoms with Crippen LogP contribution in [0.2, 0.25) is 0 Å². The van der Waals surface area contributed by atoms with E-state index < -0.39 is 0 Å². The summed E-state index contributed by atoms with van der Waals surface area (Å²) in [6, 6.07) is 11.6. The van der Waals surface area contributed by atoms with Crippen LogP contribution in [0.3, 0.4) is 0 Å². The van der Waals surface area contributed by atoms with Gasteiger partial charge in [-0.1, -0.05) is 33.6 Å². The van der Waals surface area contributed by atoms with E-state index in [2.05, 4.69) is 38.5 Å². The largest absolute Gasteiger partial charge is 0.496 e. The molecule has 0 aliphatic heterocycles. The lowest BCUT2D eigenvalue weighted by Gasteiger charge is -2.10. The van der Waals surface area contributed by atoms with Crippen LogP contribution in [0.25, 0.3) is 0 Å². The van der Waals surface area contributed by atoms with Crippen molar-refractivity contribution in [1.82, 2.24) is 0 Å². The molecule has 0 aromatic heterocycles. The SMILES string of the molecule is COc1ccc(C)cc1CC(=O)c1cc(Br)ccc1I. The third-order valence-corrected chi connectivity index (χ3v) is 4.45. The Morgan fingerprint density at radius 1 is 1.25 bits per heavy atom. The fourth-order valence-electron chi connectivity index (χ4n) is 2.02. The molecular formula is C16H14BrIO2. The molecule has 0 radical (unpaired) electrons. The number of rotatable bonds is 4. The summed E-state index contributed by atoms with van der Waals surface area (Å²) in [6.45, 7) is 2.01. The Bertz CT molecular complexity index is 653. The highest BCUT2D eigenvalue weighted by molar-refractivity contribution is 14.1. The molecule has 0 aliphatic rings. The van der Waals surface area contributed by atoms with Gasteiger partial charge in [0.05, 0.1) is 7.11 Å². The van der Waals surface area contributed by atoms with Gasteiger partial charge >= 0.3 is 0 Å². The van der Waals surface area contributed by atoms with Crippen LogP contribution in [0.15, 0.2) is 40.9 Å². The standard InChI is InChI=1S/C16H14BrIO2/c1-10-3-6-16(20-2)11(7-10)8-15(19)13-9-12(17)4-5-14(13)18/h3-7,9H,8H2,1-2H3. The fourth-order valence-corrected chi connectivity index (χ4v) is 3.02. The zero-order chi connectivity index (χ0) is 14.7. The maximum Gasteiger partial charge on any atom is 0.168 e. The summed E-state index contributed by atoms with van der Waals surface area (Å²) >= 11 is 5.60. The normalized spacial score (nSPS) is 10.4. The van der Waals surface area contributed by atoms with Crippen LogP contribution in [0.4, 0.5) is 0 Å². The number of Topliss-reactive ketones (excluding diaryl/α,β-unsaturated/α-hetero) is 1. The molecule has 0 spiro atoms. The summed E-state index contributed by atoms with van der Waals surface area (Å²) in [5, 5.41) is 0. The van der Waals surface area contributed by atoms with Crippen molar-refractivity contribution in [3.05, 3.63) is 61.1 Å². The molecule has 0 bridgehead atoms. The quantitative estimate of drug-likeness (QED) is 0.500. The third kappa shape index (κ3) is 3.61. The van der Waals surface area contributed by atoms with Gasteiger partial charge in [0.25, 0.3) is 0 Å². The topological polar surface area (TPSA) is 26.3 Å². The van der Waals surface area contributed by atoms with Crippen LogP contribution in [-0.2, 0) is 6.42 Å². The zero-order valence-electron chi connectivity index (χ0n) is 11.2. The van der Waals surface area contributed by atoms with Gasteiger partial charge < -0.3 is 4.74 Å². The van der Waals surface area contributed by atoms with Crippen LogP contribution in [0.5, 0.6) is 5.75 Å². The first-order chi connectivity index (χ1) is 9.51. The number of benzene rings is 2. The minimum absolute atomic E-state index is 0.0969. The van der Waals surface area contributed by atoms with Crippen molar-refractivity contribution in [2.24, 2.45) is 0 Å². The second-order valence-corrected chi connectivity index (χ2v) is 6.62. The third-order valence-electron chi connectivity index (χ3n) is 3.02. The Balaban J connectivity index is 2.32. The van der Waals surface area contributed by atoms with Gasteiger partial charge in [-0.15, -0.1) is 0 Å². The van der Waals surface area contributed by atoms with E-state index in [9.17, 15) is 4.79 Å². The van der Waals surface area contributed by atoms with Crippen LogP contribution >= 0.6 is 38.5 Å². The van der Waals surface area contributed by atoms with Crippen molar-refractivity contribution in [2.75, 3.05) is 7.11 Å². The highest BCUT2D eigenvalue weighted by atomic mass is 127. The van der Waals surface area contributed by atoms with Crippen LogP contribution in [0.1, 0.15) is 21.5 Å². The number of hydrogen-bond acceptors (Lipinski definition) is 2. The summed E-state index contributed by atoms with van der Waals surface area (Å²) in [6.07, 6.45) is 0.345. The van der Waals surface area contributed by atoms with Crippen LogP contribution in [-0.4, -0.2) is 12.9 Å². The molecule has 2 nitrogen and oxygen atoms in total. The molecule has 0 heterocycles. The molecule has 0 fully saturated rings. The maximum absolute atomic E-state index is 12.5. The van der Waals surface area contributed by atoms with Crippen molar-refractivity contribution in [2.45, 2.75) is 13.3 Å². The molecule has 0 amide bonds. The predicted octanol–water partition coefficient (Wildman–Crippen LogP) is 4.80. The van der Waals surface area contributed by atoms with Gasteiger partial charge in [-0.2, -0.15) is 0 Å². The average molecular weight is 445 g/mol. The van der Waals surface area contributed by atoms with Crippen molar-refractivity contribution >= 4 is 44.3 Å². The lowest BCUT2D eigenvalue weighted by atomic mass is 10.0. The molecule has 20 heavy (non-hydrogen) atoms. The van der Waals surface area contributed by atoms with Gasteiger partial charge in [0.15, 0.2) is 5.78 Å². The van der Waals surface area contributed by atoms with E-state index in [-0.39, 0.29) is 5.78 Å². The van der Waals surface area contributed by atoms with Gasteiger partial charge in [-0.05, 0) is 53.8 Å². The number of carbonyl (C=O) groups is 1. The van der Waals surface area contributed by atoms with E-state index in [1.54, 1.807) is 7.11 Å². The molecule has 2 aromatic carbocycles. The molecule has 2 rings (SSSR count). The number of ketones is 1. The molecular weight excluding hydrogens is 431 g/mol. The van der Waals surface area contributed by atoms with Crippen LogP contribution in [0, 0.1) is 10.5 Å². The Labute approximate surface area is 140 Å². The number of carbonyl (C=O) groups excluding carboxylic acids is 1. The molecule has 0 N–H and O–H groups in total. The average Bonchev–Trinajstić information content (AvgIpc) is 2.41. The molecule has 104 valence electrons. The van der Waals surface area contributed by atoms with Gasteiger partial charge in [-0.25, -0.2) is 0 Å². The molecule has 0 aliphatic carbocycles. The van der Waals surface area contributed by atoms with Crippen molar-refractivity contribution < 1.29 is 9.53 Å². The van der Waals surface area contributed by atoms with E-state index in [4.69, 9.17) is 4.74 Å². The van der Waals surface area contributed by atoms with Gasteiger partial charge in [0.2, 0.25) is 0 Å². The number of ether oxygens (including phenoxy) is 1. The summed E-state index contributed by atoms with van der Waals surface area (Å²) in [7, 11) is 1.63. The van der Waals surface area contributed by atoms with E-state index in [0.717, 1.165) is 30.5 Å².